The van der Waals surface area contributed by atoms with Gasteiger partial charge in [-0.05, 0) is 30.3 Å². The predicted molar refractivity (Wildman–Crippen MR) is 89.3 cm³/mol. The van der Waals surface area contributed by atoms with E-state index < -0.39 is 11.9 Å². The molecule has 2 N–H and O–H groups in total. The number of carboxylic acid groups (broad SMARTS) is 1. The molecule has 0 saturated carbocycles. The molecule has 0 aliphatic heterocycles. The molecule has 0 fully saturated rings. The van der Waals surface area contributed by atoms with E-state index in [2.05, 4.69) is 25.5 Å². The van der Waals surface area contributed by atoms with Gasteiger partial charge >= 0.3 is 5.97 Å². The summed E-state index contributed by atoms with van der Waals surface area (Å²) in [5.41, 5.74) is 0.812. The number of fused-ring (bicyclic) bond motifs is 1. The third-order valence-electron chi connectivity index (χ3n) is 3.58. The van der Waals surface area contributed by atoms with Crippen molar-refractivity contribution in [1.29, 1.82) is 0 Å². The average molecular weight is 349 g/mol. The molecular formula is C16H11N7O3. The van der Waals surface area contributed by atoms with Crippen LogP contribution in [0.4, 0.5) is 5.95 Å². The molecule has 0 spiro atoms. The normalized spacial score (nSPS) is 10.8. The third-order valence-corrected chi connectivity index (χ3v) is 3.58. The Hall–Kier alpha value is -4.08. The molecule has 0 aromatic carbocycles. The molecule has 0 unspecified atom stereocenters. The van der Waals surface area contributed by atoms with Gasteiger partial charge in [-0.25, -0.2) is 14.0 Å². The van der Waals surface area contributed by atoms with Crippen LogP contribution in [-0.4, -0.2) is 46.3 Å². The fourth-order valence-electron chi connectivity index (χ4n) is 2.46. The highest BCUT2D eigenvalue weighted by molar-refractivity contribution is 6.03. The SMILES string of the molecule is O=C(Nc1nc2ccc(-n3cccn3)c(C(=O)O)n2n1)c1cccnc1. The number of hydrogen-bond donors (Lipinski definition) is 2. The van der Waals surface area contributed by atoms with Gasteiger partial charge in [0.15, 0.2) is 11.3 Å². The number of aromatic nitrogens is 6. The molecule has 0 aliphatic carbocycles. The van der Waals surface area contributed by atoms with E-state index >= 15 is 0 Å². The Morgan fingerprint density at radius 2 is 2.00 bits per heavy atom. The number of carboxylic acids is 1. The molecule has 1 amide bonds. The van der Waals surface area contributed by atoms with Gasteiger partial charge in [0.25, 0.3) is 5.91 Å². The highest BCUT2D eigenvalue weighted by Gasteiger charge is 2.20. The maximum absolute atomic E-state index is 12.2. The molecule has 0 saturated heterocycles. The van der Waals surface area contributed by atoms with Gasteiger partial charge in [-0.2, -0.15) is 10.1 Å². The molecule has 0 bridgehead atoms. The molecule has 10 nitrogen and oxygen atoms in total. The zero-order valence-electron chi connectivity index (χ0n) is 13.1. The van der Waals surface area contributed by atoms with E-state index in [-0.39, 0.29) is 17.3 Å². The van der Waals surface area contributed by atoms with Crippen molar-refractivity contribution in [2.45, 2.75) is 0 Å². The van der Waals surface area contributed by atoms with Crippen molar-refractivity contribution < 1.29 is 14.7 Å². The largest absolute Gasteiger partial charge is 0.476 e. The van der Waals surface area contributed by atoms with Crippen molar-refractivity contribution in [2.24, 2.45) is 0 Å². The first-order valence-electron chi connectivity index (χ1n) is 7.48. The Labute approximate surface area is 145 Å². The van der Waals surface area contributed by atoms with Crippen LogP contribution in [0, 0.1) is 0 Å². The number of carbonyl (C=O) groups excluding carboxylic acids is 1. The Kier molecular flexibility index (Phi) is 3.62. The topological polar surface area (TPSA) is 127 Å². The smallest absolute Gasteiger partial charge is 0.356 e. The number of nitrogens with one attached hydrogen (secondary N) is 1. The lowest BCUT2D eigenvalue weighted by molar-refractivity contribution is 0.0687. The van der Waals surface area contributed by atoms with Crippen LogP contribution in [0.15, 0.2) is 55.1 Å². The van der Waals surface area contributed by atoms with Crippen molar-refractivity contribution in [3.63, 3.8) is 0 Å². The van der Waals surface area contributed by atoms with Crippen molar-refractivity contribution in [1.82, 2.24) is 29.4 Å². The van der Waals surface area contributed by atoms with Crippen molar-refractivity contribution in [3.8, 4) is 5.69 Å². The highest BCUT2D eigenvalue weighted by atomic mass is 16.4. The van der Waals surface area contributed by atoms with E-state index in [0.29, 0.717) is 11.3 Å². The van der Waals surface area contributed by atoms with E-state index in [0.717, 1.165) is 4.52 Å². The summed E-state index contributed by atoms with van der Waals surface area (Å²) in [7, 11) is 0. The van der Waals surface area contributed by atoms with E-state index in [1.54, 1.807) is 42.7 Å². The lowest BCUT2D eigenvalue weighted by atomic mass is 10.3. The van der Waals surface area contributed by atoms with Crippen LogP contribution in [0.3, 0.4) is 0 Å². The summed E-state index contributed by atoms with van der Waals surface area (Å²) in [6.45, 7) is 0. The number of hydrogen-bond acceptors (Lipinski definition) is 6. The standard InChI is InChI=1S/C16H11N7O3/c24-14(10-3-1-6-17-9-10)20-16-19-12-5-4-11(22-8-2-7-18-22)13(15(25)26)23(12)21-16/h1-9H,(H,25,26)(H,20,21,24). The van der Waals surface area contributed by atoms with Crippen LogP contribution in [0.25, 0.3) is 11.3 Å². The fraction of sp³-hybridized carbons (Fsp3) is 0. The summed E-state index contributed by atoms with van der Waals surface area (Å²) in [6.07, 6.45) is 6.12. The first-order chi connectivity index (χ1) is 12.6. The second-order valence-corrected chi connectivity index (χ2v) is 5.22. The molecule has 4 heterocycles. The number of carbonyl (C=O) groups is 2. The second-order valence-electron chi connectivity index (χ2n) is 5.22. The van der Waals surface area contributed by atoms with Gasteiger partial charge in [0, 0.05) is 24.8 Å². The molecule has 26 heavy (non-hydrogen) atoms. The van der Waals surface area contributed by atoms with Gasteiger partial charge in [-0.1, -0.05) is 0 Å². The Morgan fingerprint density at radius 3 is 2.69 bits per heavy atom. The van der Waals surface area contributed by atoms with E-state index in [9.17, 15) is 14.7 Å². The average Bonchev–Trinajstić information content (AvgIpc) is 3.30. The molecular weight excluding hydrogens is 338 g/mol. The van der Waals surface area contributed by atoms with E-state index in [1.807, 2.05) is 0 Å². The molecule has 0 radical (unpaired) electrons. The minimum atomic E-state index is -1.20. The van der Waals surface area contributed by atoms with Crippen LogP contribution in [-0.2, 0) is 0 Å². The molecule has 4 aromatic heterocycles. The Bertz CT molecular complexity index is 1100. The monoisotopic (exact) mass is 349 g/mol. The summed E-state index contributed by atoms with van der Waals surface area (Å²) in [6, 6.07) is 8.07. The maximum Gasteiger partial charge on any atom is 0.356 e. The molecule has 4 aromatic rings. The van der Waals surface area contributed by atoms with Gasteiger partial charge < -0.3 is 5.11 Å². The van der Waals surface area contributed by atoms with Gasteiger partial charge in [0.05, 0.1) is 11.3 Å². The predicted octanol–water partition coefficient (Wildman–Crippen LogP) is 1.26. The van der Waals surface area contributed by atoms with Gasteiger partial charge in [0.2, 0.25) is 5.95 Å². The molecule has 0 atom stereocenters. The van der Waals surface area contributed by atoms with Crippen LogP contribution in [0.5, 0.6) is 0 Å². The summed E-state index contributed by atoms with van der Waals surface area (Å²) >= 11 is 0. The van der Waals surface area contributed by atoms with Gasteiger partial charge in [-0.3, -0.25) is 15.1 Å². The number of anilines is 1. The number of amides is 1. The van der Waals surface area contributed by atoms with Crippen LogP contribution >= 0.6 is 0 Å². The molecule has 4 rings (SSSR count). The zero-order valence-corrected chi connectivity index (χ0v) is 13.1. The Balaban J connectivity index is 1.76. The summed E-state index contributed by atoms with van der Waals surface area (Å²) in [4.78, 5) is 32.0. The molecule has 0 aliphatic rings. The van der Waals surface area contributed by atoms with Gasteiger partial charge in [-0.15, -0.1) is 5.10 Å². The maximum atomic E-state index is 12.2. The lowest BCUT2D eigenvalue weighted by Crippen LogP contribution is -2.14. The lowest BCUT2D eigenvalue weighted by Gasteiger charge is -2.07. The van der Waals surface area contributed by atoms with E-state index in [4.69, 9.17) is 0 Å². The summed E-state index contributed by atoms with van der Waals surface area (Å²) < 4.78 is 2.57. The highest BCUT2D eigenvalue weighted by Crippen LogP contribution is 2.17. The fourth-order valence-corrected chi connectivity index (χ4v) is 2.46. The quantitative estimate of drug-likeness (QED) is 0.568. The van der Waals surface area contributed by atoms with Crippen LogP contribution in [0.2, 0.25) is 0 Å². The van der Waals surface area contributed by atoms with Crippen LogP contribution in [0.1, 0.15) is 20.8 Å². The minimum Gasteiger partial charge on any atom is -0.476 e. The van der Waals surface area contributed by atoms with E-state index in [1.165, 1.54) is 17.1 Å². The zero-order chi connectivity index (χ0) is 18.1. The first-order valence-corrected chi connectivity index (χ1v) is 7.48. The number of aromatic carboxylic acids is 1. The summed E-state index contributed by atoms with van der Waals surface area (Å²) in [5.74, 6) is -1.66. The third kappa shape index (κ3) is 2.65. The summed E-state index contributed by atoms with van der Waals surface area (Å²) in [5, 5.41) is 20.3. The van der Waals surface area contributed by atoms with Gasteiger partial charge in [0.1, 0.15) is 0 Å². The second kappa shape index (κ2) is 6.09. The van der Waals surface area contributed by atoms with Crippen molar-refractivity contribution in [3.05, 3.63) is 66.4 Å². The Morgan fingerprint density at radius 1 is 1.12 bits per heavy atom. The van der Waals surface area contributed by atoms with Crippen molar-refractivity contribution >= 4 is 23.5 Å². The van der Waals surface area contributed by atoms with Crippen LogP contribution < -0.4 is 5.32 Å². The molecule has 10 heteroatoms. The first kappa shape index (κ1) is 15.4. The number of nitrogens with zero attached hydrogens (tertiary/aromatic N) is 6. The number of pyridine rings is 2. The molecule has 128 valence electrons. The van der Waals surface area contributed by atoms with Crippen molar-refractivity contribution in [2.75, 3.05) is 5.32 Å². The minimum absolute atomic E-state index is 0.0148. The number of rotatable bonds is 4.